The van der Waals surface area contributed by atoms with E-state index >= 15 is 0 Å². The Hall–Kier alpha value is -2.37. The zero-order valence-corrected chi connectivity index (χ0v) is 16.6. The van der Waals surface area contributed by atoms with Crippen molar-refractivity contribution >= 4 is 23.6 Å². The molecule has 1 saturated heterocycles. The number of alkyl halides is 2. The Morgan fingerprint density at radius 3 is 2.76 bits per heavy atom. The first-order valence-corrected chi connectivity index (χ1v) is 10.3. The highest BCUT2D eigenvalue weighted by Gasteiger charge is 2.39. The van der Waals surface area contributed by atoms with Gasteiger partial charge in [-0.2, -0.15) is 8.78 Å². The van der Waals surface area contributed by atoms with Gasteiger partial charge in [-0.15, -0.1) is 11.8 Å². The second kappa shape index (κ2) is 11.0. The molecule has 2 rings (SSSR count). The topological polar surface area (TPSA) is 77.8 Å². The molecule has 1 heterocycles. The van der Waals surface area contributed by atoms with Crippen LogP contribution in [-0.2, 0) is 15.5 Å². The van der Waals surface area contributed by atoms with E-state index in [1.807, 2.05) is 0 Å². The molecule has 2 atom stereocenters. The van der Waals surface area contributed by atoms with Gasteiger partial charge in [0.1, 0.15) is 6.10 Å². The van der Waals surface area contributed by atoms with E-state index in [9.17, 15) is 23.5 Å². The van der Waals surface area contributed by atoms with Gasteiger partial charge in [0.2, 0.25) is 5.91 Å². The van der Waals surface area contributed by atoms with Gasteiger partial charge in [0, 0.05) is 12.0 Å². The molecule has 29 heavy (non-hydrogen) atoms. The molecule has 0 aliphatic carbocycles. The number of halogens is 2. The van der Waals surface area contributed by atoms with Crippen molar-refractivity contribution in [2.24, 2.45) is 0 Å². The zero-order valence-electron chi connectivity index (χ0n) is 15.8. The maximum atomic E-state index is 14.4. The van der Waals surface area contributed by atoms with Gasteiger partial charge in [0.25, 0.3) is 0 Å². The van der Waals surface area contributed by atoms with Crippen LogP contribution in [0.1, 0.15) is 24.8 Å². The standard InChI is InChI=1S/C21H23F2NO4S/c22-21(23,16-7-2-1-3-8-16)18(25)12-11-17-9-6-10-19(26)24(17)13-4-5-14-29-15-20(27)28/h1-3,7-8,11-12,17-18,25H,6,9-10,13-15H2,(H,27,28)/t17-,18-/m1/s1. The molecule has 5 nitrogen and oxygen atoms in total. The van der Waals surface area contributed by atoms with Gasteiger partial charge in [-0.25, -0.2) is 0 Å². The Labute approximate surface area is 172 Å². The van der Waals surface area contributed by atoms with Crippen molar-refractivity contribution < 1.29 is 28.6 Å². The van der Waals surface area contributed by atoms with Crippen molar-refractivity contribution in [2.45, 2.75) is 37.3 Å². The average Bonchev–Trinajstić information content (AvgIpc) is 2.70. The largest absolute Gasteiger partial charge is 0.481 e. The molecule has 2 N–H and O–H groups in total. The van der Waals surface area contributed by atoms with Gasteiger partial charge in [0.15, 0.2) is 0 Å². The summed E-state index contributed by atoms with van der Waals surface area (Å²) in [6, 6.07) is 6.67. The molecule has 1 aromatic carbocycles. The number of aliphatic hydroxyl groups excluding tert-OH is 1. The number of aliphatic hydroxyl groups is 1. The van der Waals surface area contributed by atoms with Crippen LogP contribution in [0.15, 0.2) is 42.5 Å². The second-order valence-corrected chi connectivity index (χ2v) is 7.53. The highest BCUT2D eigenvalue weighted by atomic mass is 32.2. The number of carbonyl (C=O) groups is 2. The first-order valence-electron chi connectivity index (χ1n) is 9.17. The fourth-order valence-electron chi connectivity index (χ4n) is 2.92. The van der Waals surface area contributed by atoms with Gasteiger partial charge in [-0.3, -0.25) is 9.59 Å². The molecule has 1 amide bonds. The monoisotopic (exact) mass is 423 g/mol. The lowest BCUT2D eigenvalue weighted by Gasteiger charge is -2.32. The number of benzene rings is 1. The normalized spacial score (nSPS) is 18.4. The van der Waals surface area contributed by atoms with Crippen LogP contribution in [0, 0.1) is 11.8 Å². The summed E-state index contributed by atoms with van der Waals surface area (Å²) in [6.45, 7) is 0.132. The van der Waals surface area contributed by atoms with Crippen LogP contribution in [0.2, 0.25) is 0 Å². The highest BCUT2D eigenvalue weighted by molar-refractivity contribution is 8.00. The van der Waals surface area contributed by atoms with Crippen molar-refractivity contribution in [1.82, 2.24) is 4.90 Å². The number of carbonyl (C=O) groups excluding carboxylic acids is 1. The first kappa shape index (κ1) is 22.9. The van der Waals surface area contributed by atoms with Crippen LogP contribution < -0.4 is 0 Å². The summed E-state index contributed by atoms with van der Waals surface area (Å²) in [6.07, 6.45) is 2.07. The minimum absolute atomic E-state index is 0.0454. The molecule has 1 aromatic rings. The molecule has 0 bridgehead atoms. The van der Waals surface area contributed by atoms with Crippen molar-refractivity contribution in [1.29, 1.82) is 0 Å². The minimum Gasteiger partial charge on any atom is -0.481 e. The molecular weight excluding hydrogens is 400 g/mol. The molecule has 1 aliphatic heterocycles. The number of thioether (sulfide) groups is 1. The Morgan fingerprint density at radius 2 is 2.07 bits per heavy atom. The lowest BCUT2D eigenvalue weighted by Crippen LogP contribution is -2.43. The lowest BCUT2D eigenvalue weighted by molar-refractivity contribution is -0.135. The maximum Gasteiger partial charge on any atom is 0.313 e. The van der Waals surface area contributed by atoms with Crippen molar-refractivity contribution in [3.63, 3.8) is 0 Å². The summed E-state index contributed by atoms with van der Waals surface area (Å²) in [5.41, 5.74) is -0.279. The van der Waals surface area contributed by atoms with Crippen LogP contribution in [-0.4, -0.2) is 57.2 Å². The summed E-state index contributed by atoms with van der Waals surface area (Å²) in [7, 11) is 0. The second-order valence-electron chi connectivity index (χ2n) is 6.54. The van der Waals surface area contributed by atoms with Crippen molar-refractivity contribution in [3.8, 4) is 11.8 Å². The van der Waals surface area contributed by atoms with E-state index < -0.39 is 24.0 Å². The summed E-state index contributed by atoms with van der Waals surface area (Å²) in [5.74, 6) is 1.43. The number of rotatable bonds is 8. The highest BCUT2D eigenvalue weighted by Crippen LogP contribution is 2.32. The molecule has 8 heteroatoms. The van der Waals surface area contributed by atoms with Crippen LogP contribution >= 0.6 is 11.8 Å². The average molecular weight is 423 g/mol. The Bertz CT molecular complexity index is 789. The van der Waals surface area contributed by atoms with E-state index in [4.69, 9.17) is 5.11 Å². The number of nitrogens with zero attached hydrogens (tertiary/aromatic N) is 1. The molecular formula is C21H23F2NO4S. The maximum absolute atomic E-state index is 14.4. The van der Waals surface area contributed by atoms with E-state index in [2.05, 4.69) is 11.8 Å². The number of aliphatic carboxylic acids is 1. The smallest absolute Gasteiger partial charge is 0.313 e. The molecule has 1 aliphatic rings. The third-order valence-electron chi connectivity index (χ3n) is 4.43. The molecule has 0 aromatic heterocycles. The summed E-state index contributed by atoms with van der Waals surface area (Å²) >= 11 is 1.16. The van der Waals surface area contributed by atoms with Gasteiger partial charge in [-0.05, 0) is 12.8 Å². The third-order valence-corrected chi connectivity index (χ3v) is 5.23. The number of likely N-dealkylation sites (tertiary alicyclic amines) is 1. The van der Waals surface area contributed by atoms with Gasteiger partial charge in [0.05, 0.1) is 24.1 Å². The van der Waals surface area contributed by atoms with Crippen molar-refractivity contribution in [2.75, 3.05) is 18.1 Å². The van der Waals surface area contributed by atoms with Gasteiger partial charge < -0.3 is 15.1 Å². The SMILES string of the molecule is O=C(O)CSCC#CCN1C(=O)CCC[C@@H]1C=C[C@@H](O)C(F)(F)c1ccccc1. The van der Waals surface area contributed by atoms with Crippen molar-refractivity contribution in [3.05, 3.63) is 48.0 Å². The predicted molar refractivity (Wildman–Crippen MR) is 108 cm³/mol. The minimum atomic E-state index is -3.44. The number of amides is 1. The number of carboxylic acid groups (broad SMARTS) is 1. The number of piperidine rings is 1. The molecule has 0 saturated carbocycles. The summed E-state index contributed by atoms with van der Waals surface area (Å²) in [5, 5.41) is 18.6. The molecule has 0 unspecified atom stereocenters. The quantitative estimate of drug-likeness (QED) is 0.382. The van der Waals surface area contributed by atoms with E-state index in [0.717, 1.165) is 17.8 Å². The van der Waals surface area contributed by atoms with Crippen LogP contribution in [0.5, 0.6) is 0 Å². The zero-order chi connectivity index (χ0) is 21.3. The number of carboxylic acids is 1. The Balaban J connectivity index is 2.00. The molecule has 1 fully saturated rings. The fraction of sp³-hybridized carbons (Fsp3) is 0.429. The van der Waals surface area contributed by atoms with E-state index in [-0.39, 0.29) is 23.8 Å². The first-order chi connectivity index (χ1) is 13.8. The van der Waals surface area contributed by atoms with E-state index in [1.165, 1.54) is 35.2 Å². The Kier molecular flexibility index (Phi) is 8.68. The van der Waals surface area contributed by atoms with Crippen LogP contribution in [0.3, 0.4) is 0 Å². The molecule has 0 spiro atoms. The number of hydrogen-bond donors (Lipinski definition) is 2. The number of hydrogen-bond acceptors (Lipinski definition) is 4. The van der Waals surface area contributed by atoms with Crippen LogP contribution in [0.25, 0.3) is 0 Å². The lowest BCUT2D eigenvalue weighted by atomic mass is 9.98. The Morgan fingerprint density at radius 1 is 1.34 bits per heavy atom. The van der Waals surface area contributed by atoms with E-state index in [1.54, 1.807) is 6.07 Å². The van der Waals surface area contributed by atoms with E-state index in [0.29, 0.717) is 25.0 Å². The third kappa shape index (κ3) is 6.87. The van der Waals surface area contributed by atoms with Crippen LogP contribution in [0.4, 0.5) is 8.78 Å². The summed E-state index contributed by atoms with van der Waals surface area (Å²) < 4.78 is 28.8. The summed E-state index contributed by atoms with van der Waals surface area (Å²) in [4.78, 5) is 24.2. The van der Waals surface area contributed by atoms with Gasteiger partial charge in [-0.1, -0.05) is 54.3 Å². The predicted octanol–water partition coefficient (Wildman–Crippen LogP) is 2.90. The fourth-order valence-corrected chi connectivity index (χ4v) is 3.40. The van der Waals surface area contributed by atoms with Gasteiger partial charge >= 0.3 is 11.9 Å². The molecule has 156 valence electrons. The molecule has 0 radical (unpaired) electrons.